The maximum Gasteiger partial charge on any atom is 0.523 e. The molecule has 1 N–H and O–H groups in total. The van der Waals surface area contributed by atoms with Gasteiger partial charge < -0.3 is 38.0 Å². The number of esters is 4. The van der Waals surface area contributed by atoms with Gasteiger partial charge in [0.25, 0.3) is 0 Å². The fourth-order valence-corrected chi connectivity index (χ4v) is 9.72. The molecule has 2 heterocycles. The Morgan fingerprint density at radius 3 is 2.06 bits per heavy atom. The molecule has 0 radical (unpaired) electrons. The number of carbonyl (C=O) groups excluding carboxylic acids is 4. The van der Waals surface area contributed by atoms with Gasteiger partial charge in [-0.25, -0.2) is 9.59 Å². The predicted molar refractivity (Wildman–Crippen MR) is 229 cm³/mol. The summed E-state index contributed by atoms with van der Waals surface area (Å²) in [5.74, 6) is -7.46. The van der Waals surface area contributed by atoms with E-state index >= 15 is 0 Å². The van der Waals surface area contributed by atoms with E-state index in [1.807, 2.05) is 71.9 Å². The van der Waals surface area contributed by atoms with E-state index < -0.39 is 113 Å². The molecular weight excluding hydrogens is 886 g/mol. The zero-order chi connectivity index (χ0) is 48.9. The van der Waals surface area contributed by atoms with Crippen LogP contribution in [0, 0.1) is 17.8 Å². The predicted octanol–water partition coefficient (Wildman–Crippen LogP) is 7.10. The van der Waals surface area contributed by atoms with Gasteiger partial charge in [-0.2, -0.15) is 21.6 Å². The Labute approximate surface area is 376 Å². The smallest absolute Gasteiger partial charge is 0.467 e. The first-order valence-corrected chi connectivity index (χ1v) is 25.7. The maximum absolute atomic E-state index is 14.6. The molecule has 15 nitrogen and oxygen atoms in total. The number of alkyl halides is 3. The molecule has 3 rings (SSSR count). The van der Waals surface area contributed by atoms with Crippen LogP contribution in [0.2, 0.25) is 18.1 Å². The van der Waals surface area contributed by atoms with Gasteiger partial charge in [0.2, 0.25) is 11.2 Å². The number of ether oxygens (including phenoxy) is 6. The van der Waals surface area contributed by atoms with E-state index in [4.69, 9.17) is 32.8 Å². The lowest BCUT2D eigenvalue weighted by atomic mass is 9.74. The maximum atomic E-state index is 14.6. The Bertz CT molecular complexity index is 1920. The first-order valence-electron chi connectivity index (χ1n) is 21.4. The van der Waals surface area contributed by atoms with Crippen molar-refractivity contribution >= 4 is 42.3 Å². The van der Waals surface area contributed by atoms with Crippen molar-refractivity contribution in [2.45, 2.75) is 165 Å². The second kappa shape index (κ2) is 21.0. The van der Waals surface area contributed by atoms with E-state index in [2.05, 4.69) is 17.7 Å². The first-order chi connectivity index (χ1) is 29.4. The minimum absolute atomic E-state index is 0.0228. The summed E-state index contributed by atoms with van der Waals surface area (Å²) in [4.78, 5) is 55.2. The van der Waals surface area contributed by atoms with Gasteiger partial charge in [0.1, 0.15) is 18.3 Å². The zero-order valence-corrected chi connectivity index (χ0v) is 40.8. The second-order valence-electron chi connectivity index (χ2n) is 18.6. The van der Waals surface area contributed by atoms with Crippen molar-refractivity contribution in [2.24, 2.45) is 17.8 Å². The van der Waals surface area contributed by atoms with Crippen LogP contribution in [-0.2, 0) is 72.7 Å². The Kier molecular flexibility index (Phi) is 18.1. The molecule has 364 valence electrons. The third-order valence-electron chi connectivity index (χ3n) is 12.7. The van der Waals surface area contributed by atoms with E-state index in [-0.39, 0.29) is 24.3 Å². The summed E-state index contributed by atoms with van der Waals surface area (Å²) < 4.78 is 112. The van der Waals surface area contributed by atoms with Gasteiger partial charge in [0.15, 0.2) is 20.2 Å². The van der Waals surface area contributed by atoms with Gasteiger partial charge in [0, 0.05) is 25.7 Å². The van der Waals surface area contributed by atoms with Gasteiger partial charge in [0.05, 0.1) is 20.8 Å². The van der Waals surface area contributed by atoms with Crippen molar-refractivity contribution in [2.75, 3.05) is 20.8 Å². The minimum Gasteiger partial charge on any atom is -0.467 e. The molecular formula is C44H67F3O15SSi. The average Bonchev–Trinajstić information content (AvgIpc) is 3.43. The summed E-state index contributed by atoms with van der Waals surface area (Å²) in [6.45, 7) is 20.7. The molecule has 2 aliphatic rings. The normalized spacial score (nSPS) is 26.8. The summed E-state index contributed by atoms with van der Waals surface area (Å²) in [5, 5.41) is 12.1. The molecule has 2 aliphatic heterocycles. The van der Waals surface area contributed by atoms with Crippen LogP contribution in [0.1, 0.15) is 99.5 Å². The quantitative estimate of drug-likeness (QED) is 0.0309. The summed E-state index contributed by atoms with van der Waals surface area (Å²) in [5.41, 5.74) is -11.7. The molecule has 20 heteroatoms. The largest absolute Gasteiger partial charge is 0.523 e. The lowest BCUT2D eigenvalue weighted by Gasteiger charge is -2.51. The number of carbonyl (C=O) groups is 4. The molecule has 2 fully saturated rings. The number of aliphatic hydroxyl groups is 1. The van der Waals surface area contributed by atoms with Crippen molar-refractivity contribution in [3.8, 4) is 0 Å². The lowest BCUT2D eigenvalue weighted by molar-refractivity contribution is -0.381. The van der Waals surface area contributed by atoms with Crippen molar-refractivity contribution in [1.29, 1.82) is 0 Å². The van der Waals surface area contributed by atoms with E-state index in [0.29, 0.717) is 18.8 Å². The highest BCUT2D eigenvalue weighted by Crippen LogP contribution is 2.59. The fraction of sp³-hybridized carbons (Fsp3) is 0.727. The van der Waals surface area contributed by atoms with E-state index in [1.165, 1.54) is 6.92 Å². The van der Waals surface area contributed by atoms with Gasteiger partial charge >= 0.3 is 39.5 Å². The highest BCUT2D eigenvalue weighted by molar-refractivity contribution is 7.87. The molecule has 1 aromatic carbocycles. The zero-order valence-electron chi connectivity index (χ0n) is 39.0. The average molecular weight is 953 g/mol. The number of hydrogen-bond acceptors (Lipinski definition) is 15. The highest BCUT2D eigenvalue weighted by atomic mass is 32.2. The number of methoxy groups -OCH3 is 2. The number of hydrogen-bond donors (Lipinski definition) is 1. The van der Waals surface area contributed by atoms with Gasteiger partial charge in [-0.1, -0.05) is 91.8 Å². The van der Waals surface area contributed by atoms with Crippen molar-refractivity contribution in [1.82, 2.24) is 0 Å². The summed E-state index contributed by atoms with van der Waals surface area (Å²) in [6.07, 6.45) is -6.03. The van der Waals surface area contributed by atoms with E-state index in [9.17, 15) is 45.9 Å². The number of halogens is 3. The van der Waals surface area contributed by atoms with Crippen LogP contribution in [0.15, 0.2) is 42.5 Å². The number of benzene rings is 1. The van der Waals surface area contributed by atoms with Crippen molar-refractivity contribution < 1.29 is 82.9 Å². The third-order valence-corrected chi connectivity index (χ3v) is 18.2. The molecule has 0 aliphatic carbocycles. The Hall–Kier alpha value is -3.40. The standard InChI is InChI=1S/C44H67F3O15SSi/c1-14-27(2)24-28(3)20-21-34(49)59-37-36(61-64(12,13)40(7,8)9)41(23-22-29(4)35(58-31(6)48)30(5)25-32-18-16-15-17-19-32)60-33(26-57-63(53,54)44(45,46)47)42(52,38(50)55-10)43(37,62-41)39(51)56-11/h15-19,27-28,30,33,35-37,52H,4,14,20-26H2,1-3,5-13H3/t27-,28+,30+,33+,35+,36+,37+,41+,42+,43+/m0/s1. The molecule has 2 saturated heterocycles. The van der Waals surface area contributed by atoms with Crippen LogP contribution in [0.4, 0.5) is 13.2 Å². The van der Waals surface area contributed by atoms with Crippen LogP contribution in [0.3, 0.4) is 0 Å². The van der Waals surface area contributed by atoms with Gasteiger partial charge in [-0.05, 0) is 66.8 Å². The van der Waals surface area contributed by atoms with E-state index in [1.54, 1.807) is 13.1 Å². The molecule has 2 bridgehead atoms. The first kappa shape index (κ1) is 54.9. The molecule has 0 unspecified atom stereocenters. The van der Waals surface area contributed by atoms with Crippen LogP contribution in [-0.4, -0.2) is 113 Å². The Balaban J connectivity index is 2.37. The molecule has 0 aromatic heterocycles. The second-order valence-corrected chi connectivity index (χ2v) is 25.0. The molecule has 1 aromatic rings. The molecule has 10 atom stereocenters. The van der Waals surface area contributed by atoms with E-state index in [0.717, 1.165) is 32.6 Å². The minimum atomic E-state index is -6.44. The SMILES string of the molecule is C=C(CC[C@@]12O[C@H](COS(=O)(=O)C(F)(F)F)[C@@](O)(C(=O)OC)[C@@](C(=O)OC)(O1)[C@H](OC(=O)CC[C@@H](C)C[C@@H](C)CC)[C@H]2O[Si](C)(C)C(C)(C)C)[C@@H](OC(C)=O)[C@H](C)Cc1ccccc1. The van der Waals surface area contributed by atoms with Gasteiger partial charge in [-0.3, -0.25) is 13.8 Å². The van der Waals surface area contributed by atoms with Crippen LogP contribution >= 0.6 is 0 Å². The summed E-state index contributed by atoms with van der Waals surface area (Å²) in [7, 11) is -8.03. The Morgan fingerprint density at radius 2 is 1.55 bits per heavy atom. The summed E-state index contributed by atoms with van der Waals surface area (Å²) >= 11 is 0. The summed E-state index contributed by atoms with van der Waals surface area (Å²) in [6, 6.07) is 9.31. The topological polar surface area (TPSA) is 196 Å². The molecule has 64 heavy (non-hydrogen) atoms. The Morgan fingerprint density at radius 1 is 0.953 bits per heavy atom. The number of fused-ring (bicyclic) bond motifs is 2. The third kappa shape index (κ3) is 11.8. The fourth-order valence-electron chi connectivity index (χ4n) is 7.99. The van der Waals surface area contributed by atoms with Gasteiger partial charge in [-0.15, -0.1) is 0 Å². The van der Waals surface area contributed by atoms with Crippen molar-refractivity contribution in [3.63, 3.8) is 0 Å². The molecule has 0 saturated carbocycles. The highest BCUT2D eigenvalue weighted by Gasteiger charge is 2.86. The monoisotopic (exact) mass is 952 g/mol. The lowest BCUT2D eigenvalue weighted by Crippen LogP contribution is -2.77. The number of rotatable bonds is 22. The van der Waals surface area contributed by atoms with Crippen LogP contribution in [0.5, 0.6) is 0 Å². The van der Waals surface area contributed by atoms with Crippen LogP contribution < -0.4 is 0 Å². The molecule has 0 spiro atoms. The van der Waals surface area contributed by atoms with Crippen LogP contribution in [0.25, 0.3) is 0 Å². The molecule has 0 amide bonds. The van der Waals surface area contributed by atoms with Crippen molar-refractivity contribution in [3.05, 3.63) is 48.0 Å².